The van der Waals surface area contributed by atoms with Crippen LogP contribution in [0.5, 0.6) is 11.9 Å². The van der Waals surface area contributed by atoms with Crippen molar-refractivity contribution in [3.05, 3.63) is 103 Å². The number of nitrogens with one attached hydrogen (secondary N) is 2. The van der Waals surface area contributed by atoms with Crippen molar-refractivity contribution in [2.75, 3.05) is 39.9 Å². The van der Waals surface area contributed by atoms with Crippen LogP contribution in [0.3, 0.4) is 0 Å². The minimum atomic E-state index is -0.265. The Balaban J connectivity index is 0.000000164. The summed E-state index contributed by atoms with van der Waals surface area (Å²) in [7, 11) is 1.61. The minimum Gasteiger partial charge on any atom is -0.481 e. The lowest BCUT2D eigenvalue weighted by molar-refractivity contribution is 0.312. The van der Waals surface area contributed by atoms with E-state index in [2.05, 4.69) is 44.7 Å². The number of nitrogens with zero attached hydrogens (tertiary/aromatic N) is 7. The molecule has 2 aliphatic rings. The summed E-state index contributed by atoms with van der Waals surface area (Å²) in [5.74, 6) is 0.0445. The molecular formula is C40H43F2N9O2. The number of aromatic nitrogens is 7. The number of hydrogen-bond donors (Lipinski definition) is 2. The van der Waals surface area contributed by atoms with Crippen LogP contribution < -0.4 is 20.1 Å². The molecule has 6 aromatic rings. The van der Waals surface area contributed by atoms with E-state index in [9.17, 15) is 8.78 Å². The first kappa shape index (κ1) is 35.9. The predicted molar refractivity (Wildman–Crippen MR) is 200 cm³/mol. The molecule has 2 N–H and O–H groups in total. The molecule has 0 radical (unpaired) electrons. The summed E-state index contributed by atoms with van der Waals surface area (Å²) in [4.78, 5) is 22.3. The monoisotopic (exact) mass is 719 g/mol. The van der Waals surface area contributed by atoms with Gasteiger partial charge in [-0.15, -0.1) is 0 Å². The van der Waals surface area contributed by atoms with Crippen LogP contribution in [0.2, 0.25) is 0 Å². The van der Waals surface area contributed by atoms with Gasteiger partial charge in [-0.2, -0.15) is 4.98 Å². The zero-order valence-corrected chi connectivity index (χ0v) is 29.9. The maximum Gasteiger partial charge on any atom is 0.316 e. The Labute approximate surface area is 307 Å². The molecule has 53 heavy (non-hydrogen) atoms. The first-order chi connectivity index (χ1) is 26.0. The van der Waals surface area contributed by atoms with Crippen molar-refractivity contribution in [2.24, 2.45) is 0 Å². The molecule has 8 rings (SSSR count). The number of ether oxygens (including phenoxy) is 2. The average Bonchev–Trinajstić information content (AvgIpc) is 3.86. The lowest BCUT2D eigenvalue weighted by Gasteiger charge is -2.26. The maximum absolute atomic E-state index is 13.4. The standard InChI is InChI=1S/C20H22FN5O.C20H21FN4O/c1-2-27-20-23-12-9-17(25-20)19-18(14-3-5-15(21)6-4-14)24-13-26(19)16-7-10-22-11-8-16;1-26-18-12-15(6-11-23-18)20-19(14-2-4-16(21)5-3-14)24-13-25(20)17-7-9-22-10-8-17/h3-6,9,12-13,16,22H,2,7-8,10-11H2,1H3;2-6,11-13,17,22H,7-10H2,1H3. The number of methoxy groups -OCH3 is 1. The third kappa shape index (κ3) is 8.26. The second kappa shape index (κ2) is 16.9. The number of benzene rings is 2. The highest BCUT2D eigenvalue weighted by Crippen LogP contribution is 2.37. The molecule has 0 unspecified atom stereocenters. The van der Waals surface area contributed by atoms with Crippen LogP contribution in [0, 0.1) is 11.6 Å². The summed E-state index contributed by atoms with van der Waals surface area (Å²) in [6.45, 7) is 6.34. The highest BCUT2D eigenvalue weighted by Gasteiger charge is 2.25. The number of halogens is 2. The van der Waals surface area contributed by atoms with Crippen LogP contribution in [0.25, 0.3) is 45.2 Å². The van der Waals surface area contributed by atoms with E-state index in [1.165, 1.54) is 24.3 Å². The van der Waals surface area contributed by atoms with E-state index in [4.69, 9.17) is 9.47 Å². The summed E-state index contributed by atoms with van der Waals surface area (Å²) in [6, 6.07) is 19.7. The van der Waals surface area contributed by atoms with Gasteiger partial charge in [-0.3, -0.25) is 0 Å². The lowest BCUT2D eigenvalue weighted by Crippen LogP contribution is -2.29. The van der Waals surface area contributed by atoms with Gasteiger partial charge in [0.25, 0.3) is 0 Å². The Morgan fingerprint density at radius 1 is 0.660 bits per heavy atom. The Morgan fingerprint density at radius 2 is 1.19 bits per heavy atom. The molecule has 4 aromatic heterocycles. The van der Waals surface area contributed by atoms with E-state index in [1.54, 1.807) is 43.8 Å². The van der Waals surface area contributed by atoms with Crippen molar-refractivity contribution < 1.29 is 18.3 Å². The number of hydrogen-bond acceptors (Lipinski definition) is 9. The zero-order chi connectivity index (χ0) is 36.6. The summed E-state index contributed by atoms with van der Waals surface area (Å²) < 4.78 is 42.0. The highest BCUT2D eigenvalue weighted by atomic mass is 19.1. The maximum atomic E-state index is 13.4. The minimum absolute atomic E-state index is 0.251. The second-order valence-electron chi connectivity index (χ2n) is 12.9. The van der Waals surface area contributed by atoms with E-state index >= 15 is 0 Å². The number of piperidine rings is 2. The molecule has 274 valence electrons. The van der Waals surface area contributed by atoms with Gasteiger partial charge in [0.1, 0.15) is 11.6 Å². The fraction of sp³-hybridized carbons (Fsp3) is 0.325. The summed E-state index contributed by atoms with van der Waals surface area (Å²) >= 11 is 0. The first-order valence-electron chi connectivity index (χ1n) is 18.1. The fourth-order valence-corrected chi connectivity index (χ4v) is 6.96. The van der Waals surface area contributed by atoms with Crippen LogP contribution in [0.1, 0.15) is 44.7 Å². The third-order valence-corrected chi connectivity index (χ3v) is 9.59. The van der Waals surface area contributed by atoms with Crippen molar-refractivity contribution in [3.63, 3.8) is 0 Å². The van der Waals surface area contributed by atoms with E-state index in [0.29, 0.717) is 30.6 Å². The van der Waals surface area contributed by atoms with Crippen LogP contribution in [-0.4, -0.2) is 73.9 Å². The molecule has 0 amide bonds. The quantitative estimate of drug-likeness (QED) is 0.161. The number of imidazole rings is 2. The smallest absolute Gasteiger partial charge is 0.316 e. The molecule has 13 heteroatoms. The lowest BCUT2D eigenvalue weighted by atomic mass is 10.0. The van der Waals surface area contributed by atoms with E-state index in [1.807, 2.05) is 37.8 Å². The summed E-state index contributed by atoms with van der Waals surface area (Å²) in [5, 5.41) is 6.79. The van der Waals surface area contributed by atoms with Crippen molar-refractivity contribution in [3.8, 4) is 57.1 Å². The number of pyridine rings is 1. The molecule has 0 spiro atoms. The molecule has 0 bridgehead atoms. The van der Waals surface area contributed by atoms with Gasteiger partial charge in [-0.25, -0.2) is 28.7 Å². The molecule has 0 atom stereocenters. The van der Waals surface area contributed by atoms with Gasteiger partial charge in [0.2, 0.25) is 5.88 Å². The Bertz CT molecular complexity index is 2090. The van der Waals surface area contributed by atoms with Gasteiger partial charge in [0, 0.05) is 47.2 Å². The molecule has 2 saturated heterocycles. The van der Waals surface area contributed by atoms with Crippen LogP contribution >= 0.6 is 0 Å². The van der Waals surface area contributed by atoms with Gasteiger partial charge < -0.3 is 29.2 Å². The largest absolute Gasteiger partial charge is 0.481 e. The van der Waals surface area contributed by atoms with Crippen LogP contribution in [-0.2, 0) is 0 Å². The Morgan fingerprint density at radius 3 is 1.74 bits per heavy atom. The Hall–Kier alpha value is -5.53. The number of rotatable bonds is 9. The summed E-state index contributed by atoms with van der Waals surface area (Å²) in [5.41, 5.74) is 7.06. The van der Waals surface area contributed by atoms with Crippen molar-refractivity contribution in [1.82, 2.24) is 44.7 Å². The van der Waals surface area contributed by atoms with E-state index < -0.39 is 0 Å². The normalized spacial score (nSPS) is 15.1. The van der Waals surface area contributed by atoms with Crippen LogP contribution in [0.4, 0.5) is 8.78 Å². The SMILES string of the molecule is CCOc1nccc(-c2c(-c3ccc(F)cc3)ncn2C2CCNCC2)n1.COc1cc(-c2c(-c3ccc(F)cc3)ncn2C2CCNCC2)ccn1. The predicted octanol–water partition coefficient (Wildman–Crippen LogP) is 7.15. The molecule has 0 aliphatic carbocycles. The summed E-state index contributed by atoms with van der Waals surface area (Å²) in [6.07, 6.45) is 11.3. The van der Waals surface area contributed by atoms with Gasteiger partial charge in [-0.05, 0) is 119 Å². The van der Waals surface area contributed by atoms with Crippen molar-refractivity contribution in [1.29, 1.82) is 0 Å². The van der Waals surface area contributed by atoms with Gasteiger partial charge in [0.05, 0.1) is 54.8 Å². The van der Waals surface area contributed by atoms with E-state index in [-0.39, 0.29) is 11.6 Å². The topological polar surface area (TPSA) is 117 Å². The molecule has 2 aromatic carbocycles. The molecule has 0 saturated carbocycles. The first-order valence-corrected chi connectivity index (χ1v) is 18.1. The fourth-order valence-electron chi connectivity index (χ4n) is 6.96. The van der Waals surface area contributed by atoms with Crippen LogP contribution in [0.15, 0.2) is 91.8 Å². The van der Waals surface area contributed by atoms with Gasteiger partial charge >= 0.3 is 6.01 Å². The average molecular weight is 720 g/mol. The second-order valence-corrected chi connectivity index (χ2v) is 12.9. The highest BCUT2D eigenvalue weighted by molar-refractivity contribution is 5.79. The van der Waals surface area contributed by atoms with Crippen molar-refractivity contribution in [2.45, 2.75) is 44.7 Å². The molecule has 11 nitrogen and oxygen atoms in total. The molecule has 2 aliphatic heterocycles. The van der Waals surface area contributed by atoms with Crippen molar-refractivity contribution >= 4 is 0 Å². The van der Waals surface area contributed by atoms with Gasteiger partial charge in [-0.1, -0.05) is 0 Å². The molecule has 6 heterocycles. The third-order valence-electron chi connectivity index (χ3n) is 9.59. The molecular weight excluding hydrogens is 676 g/mol. The molecule has 2 fully saturated rings. The van der Waals surface area contributed by atoms with Gasteiger partial charge in [0.15, 0.2) is 0 Å². The zero-order valence-electron chi connectivity index (χ0n) is 29.9. The Kier molecular flexibility index (Phi) is 11.4. The van der Waals surface area contributed by atoms with E-state index in [0.717, 1.165) is 97.0 Å².